The molecule has 0 radical (unpaired) electrons. The maximum Gasteiger partial charge on any atom is 0.265 e. The minimum Gasteiger partial charge on any atom is -0.436 e. The molecule has 1 unspecified atom stereocenters. The van der Waals surface area contributed by atoms with Crippen molar-refractivity contribution in [3.8, 4) is 11.5 Å². The van der Waals surface area contributed by atoms with Crippen LogP contribution in [0, 0.1) is 0 Å². The Labute approximate surface area is 210 Å². The number of hydrogen-bond donors (Lipinski definition) is 2. The second-order valence-corrected chi connectivity index (χ2v) is 10.1. The van der Waals surface area contributed by atoms with Crippen LogP contribution in [0.15, 0.2) is 99.6 Å². The number of carbonyl (C=O) groups excluding carboxylic acids is 2. The third kappa shape index (κ3) is 5.45. The van der Waals surface area contributed by atoms with Crippen molar-refractivity contribution in [1.29, 1.82) is 0 Å². The zero-order valence-corrected chi connectivity index (χ0v) is 20.4. The highest BCUT2D eigenvalue weighted by Gasteiger charge is 2.16. The highest BCUT2D eigenvalue weighted by atomic mass is 32.2. The topological polar surface area (TPSA) is 84.2 Å². The number of nitrogens with zero attached hydrogens (tertiary/aromatic N) is 1. The third-order valence-corrected chi connectivity index (χ3v) is 7.17. The number of hydrogen-bond acceptors (Lipinski definition) is 6. The molecule has 5 rings (SSSR count). The first kappa shape index (κ1) is 22.9. The van der Waals surface area contributed by atoms with Crippen LogP contribution in [0.3, 0.4) is 0 Å². The van der Waals surface area contributed by atoms with Crippen molar-refractivity contribution in [2.75, 3.05) is 10.6 Å². The second kappa shape index (κ2) is 10.2. The molecule has 0 fully saturated rings. The largest absolute Gasteiger partial charge is 0.436 e. The fraction of sp³-hybridized carbons (Fsp3) is 0.0741. The second-order valence-electron chi connectivity index (χ2n) is 7.77. The predicted molar refractivity (Wildman–Crippen MR) is 142 cm³/mol. The van der Waals surface area contributed by atoms with Crippen molar-refractivity contribution in [3.05, 3.63) is 95.2 Å². The van der Waals surface area contributed by atoms with Gasteiger partial charge in [0.15, 0.2) is 5.58 Å². The van der Waals surface area contributed by atoms with Crippen molar-refractivity contribution >= 4 is 57.4 Å². The van der Waals surface area contributed by atoms with Gasteiger partial charge >= 0.3 is 0 Å². The molecule has 2 heterocycles. The molecule has 0 spiro atoms. The number of anilines is 2. The number of benzene rings is 3. The van der Waals surface area contributed by atoms with Gasteiger partial charge in [0.05, 0.1) is 10.1 Å². The van der Waals surface area contributed by atoms with Crippen molar-refractivity contribution in [1.82, 2.24) is 4.98 Å². The SMILES string of the molecule is CC(Sc1cccc(NC(=O)c2cccs2)c1)C(=O)Nc1ccc(-c2nc3ccccc3o2)cc1. The standard InChI is InChI=1S/C27H21N3O3S2/c1-17(35-21-7-4-6-20(16-21)29-26(32)24-10-5-15-34-24)25(31)28-19-13-11-18(12-14-19)27-30-22-8-2-3-9-23(22)33-27/h2-17H,1H3,(H,28,31)(H,29,32). The Kier molecular flexibility index (Phi) is 6.65. The molecular formula is C27H21N3O3S2. The molecule has 35 heavy (non-hydrogen) atoms. The van der Waals surface area contributed by atoms with Gasteiger partial charge in [0.2, 0.25) is 11.8 Å². The highest BCUT2D eigenvalue weighted by Crippen LogP contribution is 2.28. The average molecular weight is 500 g/mol. The Bertz CT molecular complexity index is 1440. The molecule has 0 saturated carbocycles. The van der Waals surface area contributed by atoms with Gasteiger partial charge in [0, 0.05) is 21.8 Å². The number of thioether (sulfide) groups is 1. The molecule has 6 nitrogen and oxygen atoms in total. The number of thiophene rings is 1. The van der Waals surface area contributed by atoms with Crippen molar-refractivity contribution < 1.29 is 14.0 Å². The maximum absolute atomic E-state index is 12.8. The molecule has 0 aliphatic rings. The Morgan fingerprint density at radius 2 is 1.74 bits per heavy atom. The van der Waals surface area contributed by atoms with E-state index in [9.17, 15) is 9.59 Å². The zero-order valence-electron chi connectivity index (χ0n) is 18.7. The molecule has 1 atom stereocenters. The van der Waals surface area contributed by atoms with Crippen molar-refractivity contribution in [2.45, 2.75) is 17.1 Å². The number of para-hydroxylation sites is 2. The van der Waals surface area contributed by atoms with E-state index in [-0.39, 0.29) is 17.1 Å². The number of aromatic nitrogens is 1. The van der Waals surface area contributed by atoms with Gasteiger partial charge in [-0.15, -0.1) is 23.1 Å². The molecule has 8 heteroatoms. The summed E-state index contributed by atoms with van der Waals surface area (Å²) in [6.45, 7) is 1.85. The van der Waals surface area contributed by atoms with Crippen LogP contribution in [0.5, 0.6) is 0 Å². The molecule has 0 bridgehead atoms. The summed E-state index contributed by atoms with van der Waals surface area (Å²) in [6, 6.07) is 26.1. The first-order valence-corrected chi connectivity index (χ1v) is 12.7. The molecule has 0 saturated heterocycles. The van der Waals surface area contributed by atoms with Crippen molar-refractivity contribution in [3.63, 3.8) is 0 Å². The van der Waals surface area contributed by atoms with E-state index in [0.717, 1.165) is 21.6 Å². The van der Waals surface area contributed by atoms with Crippen LogP contribution in [-0.4, -0.2) is 22.0 Å². The number of oxazole rings is 1. The summed E-state index contributed by atoms with van der Waals surface area (Å²) in [6.07, 6.45) is 0. The van der Waals surface area contributed by atoms with Gasteiger partial charge < -0.3 is 15.1 Å². The van der Waals surface area contributed by atoms with E-state index in [1.807, 2.05) is 91.2 Å². The quantitative estimate of drug-likeness (QED) is 0.237. The summed E-state index contributed by atoms with van der Waals surface area (Å²) in [5, 5.41) is 7.38. The minimum absolute atomic E-state index is 0.113. The lowest BCUT2D eigenvalue weighted by Gasteiger charge is -2.13. The van der Waals surface area contributed by atoms with Gasteiger partial charge in [0.25, 0.3) is 5.91 Å². The average Bonchev–Trinajstić information content (AvgIpc) is 3.55. The summed E-state index contributed by atoms with van der Waals surface area (Å²) < 4.78 is 5.81. The number of nitrogens with one attached hydrogen (secondary N) is 2. The van der Waals surface area contributed by atoms with Gasteiger partial charge in [-0.2, -0.15) is 0 Å². The molecule has 2 N–H and O–H groups in total. The van der Waals surface area contributed by atoms with Gasteiger partial charge in [0.1, 0.15) is 5.52 Å². The molecular weight excluding hydrogens is 478 g/mol. The fourth-order valence-corrected chi connectivity index (χ4v) is 4.99. The molecule has 174 valence electrons. The Hall–Kier alpha value is -3.88. The van der Waals surface area contributed by atoms with Gasteiger partial charge in [-0.1, -0.05) is 24.3 Å². The summed E-state index contributed by atoms with van der Waals surface area (Å²) in [5.74, 6) is 0.283. The van der Waals surface area contributed by atoms with Crippen LogP contribution in [0.2, 0.25) is 0 Å². The molecule has 0 aliphatic carbocycles. The van der Waals surface area contributed by atoms with Crippen molar-refractivity contribution in [2.24, 2.45) is 0 Å². The zero-order chi connectivity index (χ0) is 24.2. The number of carbonyl (C=O) groups is 2. The van der Waals surface area contributed by atoms with Gasteiger partial charge in [-0.25, -0.2) is 4.98 Å². The normalized spacial score (nSPS) is 11.8. The third-order valence-electron chi connectivity index (χ3n) is 5.21. The van der Waals surface area contributed by atoms with E-state index in [2.05, 4.69) is 15.6 Å². The predicted octanol–water partition coefficient (Wildman–Crippen LogP) is 6.93. The van der Waals surface area contributed by atoms with Crippen LogP contribution >= 0.6 is 23.1 Å². The minimum atomic E-state index is -0.338. The van der Waals surface area contributed by atoms with E-state index in [0.29, 0.717) is 22.1 Å². The van der Waals surface area contributed by atoms with Crippen LogP contribution in [0.25, 0.3) is 22.6 Å². The maximum atomic E-state index is 12.8. The smallest absolute Gasteiger partial charge is 0.265 e. The Morgan fingerprint density at radius 3 is 2.51 bits per heavy atom. The van der Waals surface area contributed by atoms with E-state index in [1.165, 1.54) is 23.1 Å². The monoisotopic (exact) mass is 499 g/mol. The van der Waals surface area contributed by atoms with E-state index >= 15 is 0 Å². The molecule has 2 amide bonds. The lowest BCUT2D eigenvalue weighted by molar-refractivity contribution is -0.115. The molecule has 0 aliphatic heterocycles. The number of rotatable bonds is 7. The van der Waals surface area contributed by atoms with E-state index in [4.69, 9.17) is 4.42 Å². The first-order valence-electron chi connectivity index (χ1n) is 10.9. The Morgan fingerprint density at radius 1 is 0.914 bits per heavy atom. The fourth-order valence-electron chi connectivity index (χ4n) is 3.44. The first-order chi connectivity index (χ1) is 17.0. The number of fused-ring (bicyclic) bond motifs is 1. The van der Waals surface area contributed by atoms with Crippen LogP contribution < -0.4 is 10.6 Å². The van der Waals surface area contributed by atoms with E-state index < -0.39 is 0 Å². The lowest BCUT2D eigenvalue weighted by Crippen LogP contribution is -2.22. The molecule has 2 aromatic heterocycles. The summed E-state index contributed by atoms with van der Waals surface area (Å²) >= 11 is 2.82. The van der Waals surface area contributed by atoms with E-state index in [1.54, 1.807) is 6.07 Å². The summed E-state index contributed by atoms with van der Waals surface area (Å²) in [5.41, 5.74) is 3.76. The molecule has 3 aromatic carbocycles. The van der Waals surface area contributed by atoms with Crippen LogP contribution in [-0.2, 0) is 4.79 Å². The lowest BCUT2D eigenvalue weighted by atomic mass is 10.2. The summed E-state index contributed by atoms with van der Waals surface area (Å²) in [7, 11) is 0. The molecule has 5 aromatic rings. The summed E-state index contributed by atoms with van der Waals surface area (Å²) in [4.78, 5) is 31.1. The van der Waals surface area contributed by atoms with Crippen LogP contribution in [0.1, 0.15) is 16.6 Å². The number of amides is 2. The van der Waals surface area contributed by atoms with Gasteiger partial charge in [-0.05, 0) is 73.0 Å². The highest BCUT2D eigenvalue weighted by molar-refractivity contribution is 8.00. The van der Waals surface area contributed by atoms with Crippen LogP contribution in [0.4, 0.5) is 11.4 Å². The Balaban J connectivity index is 1.20. The van der Waals surface area contributed by atoms with Gasteiger partial charge in [-0.3, -0.25) is 9.59 Å².